The van der Waals surface area contributed by atoms with Gasteiger partial charge in [0.2, 0.25) is 0 Å². The molecule has 1 unspecified atom stereocenters. The van der Waals surface area contributed by atoms with E-state index in [1.807, 2.05) is 18.2 Å². The molecule has 2 nitrogen and oxygen atoms in total. The molecule has 0 saturated carbocycles. The number of likely N-dealkylation sites (tertiary alicyclic amines) is 1. The Kier molecular flexibility index (Phi) is 5.54. The third kappa shape index (κ3) is 4.09. The number of fused-ring (bicyclic) bond motifs is 1. The highest BCUT2D eigenvalue weighted by Crippen LogP contribution is 2.41. The van der Waals surface area contributed by atoms with Crippen LogP contribution in [0, 0.1) is 5.92 Å². The van der Waals surface area contributed by atoms with Gasteiger partial charge in [0, 0.05) is 34.7 Å². The minimum atomic E-state index is 0.607. The van der Waals surface area contributed by atoms with Crippen molar-refractivity contribution in [1.82, 2.24) is 4.90 Å². The van der Waals surface area contributed by atoms with Crippen LogP contribution in [0.3, 0.4) is 0 Å². The molecule has 2 heterocycles. The second kappa shape index (κ2) is 8.04. The minimum Gasteiger partial charge on any atom is -0.384 e. The molecule has 0 radical (unpaired) electrons. The first-order valence-corrected chi connectivity index (χ1v) is 10.1. The molecule has 4 heteroatoms. The van der Waals surface area contributed by atoms with Gasteiger partial charge in [0.15, 0.2) is 0 Å². The number of halogens is 2. The fraction of sp³-hybridized carbons (Fsp3) is 0.364. The Labute approximate surface area is 165 Å². The van der Waals surface area contributed by atoms with E-state index in [1.54, 1.807) is 0 Å². The quantitative estimate of drug-likeness (QED) is 0.700. The Bertz CT molecular complexity index is 777. The summed E-state index contributed by atoms with van der Waals surface area (Å²) in [5.74, 6) is 1.36. The lowest BCUT2D eigenvalue weighted by Gasteiger charge is -2.34. The smallest absolute Gasteiger partial charge is 0.0410 e. The van der Waals surface area contributed by atoms with E-state index in [4.69, 9.17) is 23.2 Å². The van der Waals surface area contributed by atoms with Crippen LogP contribution in [0.4, 0.5) is 5.69 Å². The van der Waals surface area contributed by atoms with Crippen LogP contribution in [0.1, 0.15) is 29.9 Å². The zero-order valence-corrected chi connectivity index (χ0v) is 16.3. The number of piperidine rings is 1. The molecule has 2 aromatic carbocycles. The van der Waals surface area contributed by atoms with E-state index in [1.165, 1.54) is 42.7 Å². The number of benzene rings is 2. The van der Waals surface area contributed by atoms with E-state index in [2.05, 4.69) is 46.6 Å². The second-order valence-corrected chi connectivity index (χ2v) is 8.18. The summed E-state index contributed by atoms with van der Waals surface area (Å²) in [5, 5.41) is 5.18. The highest BCUT2D eigenvalue weighted by molar-refractivity contribution is 6.31. The molecule has 26 heavy (non-hydrogen) atoms. The van der Waals surface area contributed by atoms with Gasteiger partial charge in [-0.05, 0) is 73.3 Å². The van der Waals surface area contributed by atoms with Crippen molar-refractivity contribution in [2.45, 2.75) is 18.8 Å². The first kappa shape index (κ1) is 17.9. The molecule has 0 amide bonds. The molecule has 1 N–H and O–H groups in total. The molecule has 1 fully saturated rings. The van der Waals surface area contributed by atoms with Crippen molar-refractivity contribution in [3.63, 3.8) is 0 Å². The topological polar surface area (TPSA) is 15.3 Å². The van der Waals surface area contributed by atoms with Crippen molar-refractivity contribution < 1.29 is 0 Å². The molecular formula is C22H24Cl2N2. The van der Waals surface area contributed by atoms with Crippen LogP contribution in [-0.2, 0) is 0 Å². The summed E-state index contributed by atoms with van der Waals surface area (Å²) in [6, 6.07) is 14.2. The van der Waals surface area contributed by atoms with Gasteiger partial charge in [-0.25, -0.2) is 0 Å². The lowest BCUT2D eigenvalue weighted by Crippen LogP contribution is -2.36. The number of nitrogens with one attached hydrogen (secondary N) is 1. The average molecular weight is 387 g/mol. The molecule has 2 aliphatic heterocycles. The van der Waals surface area contributed by atoms with Gasteiger partial charge >= 0.3 is 0 Å². The van der Waals surface area contributed by atoms with Crippen molar-refractivity contribution in [1.29, 1.82) is 0 Å². The highest BCUT2D eigenvalue weighted by Gasteiger charge is 2.32. The molecule has 4 rings (SSSR count). The predicted octanol–water partition coefficient (Wildman–Crippen LogP) is 5.93. The Morgan fingerprint density at radius 1 is 1.00 bits per heavy atom. The Balaban J connectivity index is 1.30. The van der Waals surface area contributed by atoms with Gasteiger partial charge in [-0.1, -0.05) is 47.5 Å². The van der Waals surface area contributed by atoms with Gasteiger partial charge in [0.1, 0.15) is 0 Å². The van der Waals surface area contributed by atoms with Crippen LogP contribution in [-0.4, -0.2) is 31.1 Å². The van der Waals surface area contributed by atoms with Gasteiger partial charge in [0.25, 0.3) is 0 Å². The molecule has 136 valence electrons. The maximum Gasteiger partial charge on any atom is 0.0410 e. The van der Waals surface area contributed by atoms with E-state index in [9.17, 15) is 0 Å². The molecule has 0 bridgehead atoms. The number of rotatable bonds is 4. The first-order valence-electron chi connectivity index (χ1n) is 9.37. The lowest BCUT2D eigenvalue weighted by atomic mass is 9.81. The molecule has 0 aromatic heterocycles. The maximum atomic E-state index is 6.22. The van der Waals surface area contributed by atoms with Crippen LogP contribution in [0.25, 0.3) is 6.08 Å². The number of nitrogens with zero attached hydrogens (tertiary/aromatic N) is 1. The largest absolute Gasteiger partial charge is 0.384 e. The van der Waals surface area contributed by atoms with Crippen molar-refractivity contribution in [3.05, 3.63) is 69.7 Å². The molecule has 2 aliphatic rings. The van der Waals surface area contributed by atoms with Crippen LogP contribution in [0.15, 0.2) is 48.5 Å². The van der Waals surface area contributed by atoms with Gasteiger partial charge in [-0.3, -0.25) is 4.90 Å². The van der Waals surface area contributed by atoms with Crippen molar-refractivity contribution in [3.8, 4) is 0 Å². The van der Waals surface area contributed by atoms with Crippen molar-refractivity contribution >= 4 is 35.0 Å². The summed E-state index contributed by atoms with van der Waals surface area (Å²) < 4.78 is 0. The van der Waals surface area contributed by atoms with Crippen molar-refractivity contribution in [2.75, 3.05) is 31.5 Å². The van der Waals surface area contributed by atoms with Gasteiger partial charge in [-0.2, -0.15) is 0 Å². The van der Waals surface area contributed by atoms with Gasteiger partial charge in [0.05, 0.1) is 0 Å². The third-order valence-electron chi connectivity index (χ3n) is 5.67. The number of hydrogen-bond donors (Lipinski definition) is 1. The van der Waals surface area contributed by atoms with Crippen molar-refractivity contribution in [2.24, 2.45) is 5.92 Å². The summed E-state index contributed by atoms with van der Waals surface area (Å²) in [5.41, 5.74) is 3.89. The Morgan fingerprint density at radius 2 is 1.73 bits per heavy atom. The lowest BCUT2D eigenvalue weighted by molar-refractivity contribution is 0.186. The van der Waals surface area contributed by atoms with E-state index in [0.29, 0.717) is 5.92 Å². The summed E-state index contributed by atoms with van der Waals surface area (Å²) in [7, 11) is 0. The average Bonchev–Trinajstić information content (AvgIpc) is 3.07. The van der Waals surface area contributed by atoms with Gasteiger partial charge < -0.3 is 5.32 Å². The first-order chi connectivity index (χ1) is 12.7. The standard InChI is InChI=1S/C22H24Cl2N2/c23-18-5-3-16(4-6-18)2-1-11-26-12-9-17(10-13-26)21-15-25-22-8-7-19(24)14-20(21)22/h1-8,14,17,21,25H,9-13,15H2. The van der Waals surface area contributed by atoms with E-state index >= 15 is 0 Å². The predicted molar refractivity (Wildman–Crippen MR) is 112 cm³/mol. The van der Waals surface area contributed by atoms with Crippen LogP contribution < -0.4 is 5.32 Å². The third-order valence-corrected chi connectivity index (χ3v) is 6.16. The summed E-state index contributed by atoms with van der Waals surface area (Å²) in [6.45, 7) is 4.40. The summed E-state index contributed by atoms with van der Waals surface area (Å²) in [4.78, 5) is 2.55. The molecule has 0 aliphatic carbocycles. The fourth-order valence-corrected chi connectivity index (χ4v) is 4.51. The Morgan fingerprint density at radius 3 is 2.50 bits per heavy atom. The highest BCUT2D eigenvalue weighted by atomic mass is 35.5. The minimum absolute atomic E-state index is 0.607. The zero-order valence-electron chi connectivity index (χ0n) is 14.8. The zero-order chi connectivity index (χ0) is 17.9. The number of anilines is 1. The summed E-state index contributed by atoms with van der Waals surface area (Å²) >= 11 is 12.1. The van der Waals surface area contributed by atoms with E-state index in [0.717, 1.165) is 29.1 Å². The van der Waals surface area contributed by atoms with E-state index < -0.39 is 0 Å². The summed E-state index contributed by atoms with van der Waals surface area (Å²) in [6.07, 6.45) is 6.96. The Hall–Kier alpha value is -1.48. The molecule has 0 spiro atoms. The van der Waals surface area contributed by atoms with E-state index in [-0.39, 0.29) is 0 Å². The monoisotopic (exact) mass is 386 g/mol. The molecule has 2 aromatic rings. The van der Waals surface area contributed by atoms with Crippen LogP contribution >= 0.6 is 23.2 Å². The molecular weight excluding hydrogens is 363 g/mol. The molecule has 1 saturated heterocycles. The second-order valence-electron chi connectivity index (χ2n) is 7.31. The fourth-order valence-electron chi connectivity index (χ4n) is 4.20. The van der Waals surface area contributed by atoms with Crippen LogP contribution in [0.2, 0.25) is 10.0 Å². The number of hydrogen-bond acceptors (Lipinski definition) is 2. The normalized spacial score (nSPS) is 21.1. The SMILES string of the molecule is Clc1ccc(C=CCN2CCC(C3CNc4ccc(Cl)cc43)CC2)cc1. The molecule has 1 atom stereocenters. The maximum absolute atomic E-state index is 6.22. The van der Waals surface area contributed by atoms with Gasteiger partial charge in [-0.15, -0.1) is 0 Å². The van der Waals surface area contributed by atoms with Crippen LogP contribution in [0.5, 0.6) is 0 Å².